The van der Waals surface area contributed by atoms with E-state index in [1.54, 1.807) is 43.5 Å². The van der Waals surface area contributed by atoms with Crippen molar-refractivity contribution in [1.29, 1.82) is 0 Å². The van der Waals surface area contributed by atoms with Crippen LogP contribution < -0.4 is 10.1 Å². The van der Waals surface area contributed by atoms with Crippen molar-refractivity contribution in [2.75, 3.05) is 12.4 Å². The van der Waals surface area contributed by atoms with Gasteiger partial charge in [-0.25, -0.2) is 0 Å². The second-order valence-electron chi connectivity index (χ2n) is 5.97. The molecule has 0 aliphatic carbocycles. The minimum Gasteiger partial charge on any atom is -0.497 e. The lowest BCUT2D eigenvalue weighted by molar-refractivity contribution is -0.114. The van der Waals surface area contributed by atoms with Crippen LogP contribution in [0.1, 0.15) is 23.0 Å². The molecular formula is C20H14BrNO5. The first kappa shape index (κ1) is 17.4. The van der Waals surface area contributed by atoms with E-state index in [0.717, 1.165) is 4.47 Å². The van der Waals surface area contributed by atoms with E-state index in [1.807, 2.05) is 0 Å². The maximum atomic E-state index is 13.2. The number of ketones is 1. The maximum Gasteiger partial charge on any atom is 0.234 e. The van der Waals surface area contributed by atoms with E-state index >= 15 is 0 Å². The van der Waals surface area contributed by atoms with Crippen molar-refractivity contribution in [3.8, 4) is 5.75 Å². The number of furan rings is 2. The molecule has 0 spiro atoms. The molecule has 4 aromatic rings. The average molecular weight is 428 g/mol. The highest BCUT2D eigenvalue weighted by atomic mass is 79.9. The Morgan fingerprint density at radius 1 is 1.07 bits per heavy atom. The SMILES string of the molecule is COc1ccc2occ(C(=O)c3oc4ccc(Br)cc4c3NC(C)=O)c2c1. The number of rotatable bonds is 4. The van der Waals surface area contributed by atoms with E-state index in [2.05, 4.69) is 21.2 Å². The molecule has 0 unspecified atom stereocenters. The van der Waals surface area contributed by atoms with Gasteiger partial charge in [0.05, 0.1) is 18.4 Å². The van der Waals surface area contributed by atoms with Gasteiger partial charge in [-0.1, -0.05) is 15.9 Å². The number of amides is 1. The Labute approximate surface area is 162 Å². The number of benzene rings is 2. The zero-order chi connectivity index (χ0) is 19.1. The number of carbonyl (C=O) groups is 2. The van der Waals surface area contributed by atoms with Crippen molar-refractivity contribution < 1.29 is 23.2 Å². The number of halogens is 1. The summed E-state index contributed by atoms with van der Waals surface area (Å²) in [6.45, 7) is 1.38. The van der Waals surface area contributed by atoms with Crippen LogP contribution in [0.2, 0.25) is 0 Å². The first-order valence-corrected chi connectivity index (χ1v) is 8.87. The summed E-state index contributed by atoms with van der Waals surface area (Å²) in [4.78, 5) is 24.9. The third-order valence-electron chi connectivity index (χ3n) is 4.18. The van der Waals surface area contributed by atoms with Gasteiger partial charge < -0.3 is 18.9 Å². The molecule has 1 amide bonds. The van der Waals surface area contributed by atoms with Crippen LogP contribution in [-0.4, -0.2) is 18.8 Å². The van der Waals surface area contributed by atoms with Crippen LogP contribution in [-0.2, 0) is 4.79 Å². The molecule has 0 radical (unpaired) electrons. The number of hydrogen-bond acceptors (Lipinski definition) is 5. The zero-order valence-corrected chi connectivity index (χ0v) is 16.0. The smallest absolute Gasteiger partial charge is 0.234 e. The Balaban J connectivity index is 1.91. The summed E-state index contributed by atoms with van der Waals surface area (Å²) in [6.07, 6.45) is 1.38. The number of nitrogens with one attached hydrogen (secondary N) is 1. The van der Waals surface area contributed by atoms with Crippen LogP contribution >= 0.6 is 15.9 Å². The van der Waals surface area contributed by atoms with Crippen LogP contribution in [0, 0.1) is 0 Å². The zero-order valence-electron chi connectivity index (χ0n) is 14.5. The molecule has 2 aromatic heterocycles. The molecule has 0 fully saturated rings. The summed E-state index contributed by atoms with van der Waals surface area (Å²) in [5, 5.41) is 3.95. The van der Waals surface area contributed by atoms with E-state index in [-0.39, 0.29) is 11.7 Å². The van der Waals surface area contributed by atoms with Crippen LogP contribution in [0.25, 0.3) is 21.9 Å². The second kappa shape index (κ2) is 6.59. The first-order valence-electron chi connectivity index (χ1n) is 8.07. The van der Waals surface area contributed by atoms with Gasteiger partial charge in [-0.05, 0) is 36.4 Å². The third-order valence-corrected chi connectivity index (χ3v) is 4.68. The fourth-order valence-electron chi connectivity index (χ4n) is 2.96. The summed E-state index contributed by atoms with van der Waals surface area (Å²) in [7, 11) is 1.55. The number of anilines is 1. The first-order chi connectivity index (χ1) is 13.0. The minimum absolute atomic E-state index is 0.0452. The molecule has 2 aromatic carbocycles. The lowest BCUT2D eigenvalue weighted by Gasteiger charge is -2.03. The van der Waals surface area contributed by atoms with Crippen LogP contribution in [0.5, 0.6) is 5.75 Å². The molecule has 0 saturated carbocycles. The molecule has 27 heavy (non-hydrogen) atoms. The van der Waals surface area contributed by atoms with Crippen molar-refractivity contribution in [3.05, 3.63) is 58.5 Å². The fourth-order valence-corrected chi connectivity index (χ4v) is 3.32. The van der Waals surface area contributed by atoms with E-state index in [0.29, 0.717) is 38.9 Å². The van der Waals surface area contributed by atoms with Gasteiger partial charge in [0.2, 0.25) is 11.7 Å². The van der Waals surface area contributed by atoms with Crippen molar-refractivity contribution in [2.24, 2.45) is 0 Å². The van der Waals surface area contributed by atoms with Gasteiger partial charge in [-0.2, -0.15) is 0 Å². The van der Waals surface area contributed by atoms with Gasteiger partial charge in [0.1, 0.15) is 23.2 Å². The highest BCUT2D eigenvalue weighted by Crippen LogP contribution is 2.36. The molecule has 2 heterocycles. The lowest BCUT2D eigenvalue weighted by Crippen LogP contribution is -2.10. The molecule has 7 heteroatoms. The van der Waals surface area contributed by atoms with Gasteiger partial charge in [0, 0.05) is 22.2 Å². The van der Waals surface area contributed by atoms with Crippen molar-refractivity contribution >= 4 is 55.2 Å². The standard InChI is InChI=1S/C20H14BrNO5/c1-10(23)22-18-14-7-11(21)3-5-17(14)27-20(18)19(24)15-9-26-16-6-4-12(25-2)8-13(15)16/h3-9H,1-2H3,(H,22,23). The summed E-state index contributed by atoms with van der Waals surface area (Å²) in [6, 6.07) is 10.5. The summed E-state index contributed by atoms with van der Waals surface area (Å²) < 4.78 is 17.3. The quantitative estimate of drug-likeness (QED) is 0.456. The Hall–Kier alpha value is -3.06. The molecule has 0 bridgehead atoms. The van der Waals surface area contributed by atoms with Crippen LogP contribution in [0.3, 0.4) is 0 Å². The average Bonchev–Trinajstić information content (AvgIpc) is 3.22. The Morgan fingerprint density at radius 2 is 1.85 bits per heavy atom. The molecule has 0 atom stereocenters. The van der Waals surface area contributed by atoms with E-state index < -0.39 is 5.78 Å². The molecular weight excluding hydrogens is 414 g/mol. The summed E-state index contributed by atoms with van der Waals surface area (Å²) >= 11 is 3.40. The fraction of sp³-hybridized carbons (Fsp3) is 0.100. The monoisotopic (exact) mass is 427 g/mol. The van der Waals surface area contributed by atoms with E-state index in [9.17, 15) is 9.59 Å². The summed E-state index contributed by atoms with van der Waals surface area (Å²) in [5.74, 6) is -0.0408. The van der Waals surface area contributed by atoms with E-state index in [1.165, 1.54) is 13.2 Å². The van der Waals surface area contributed by atoms with Crippen molar-refractivity contribution in [1.82, 2.24) is 0 Å². The number of fused-ring (bicyclic) bond motifs is 2. The molecule has 6 nitrogen and oxygen atoms in total. The number of methoxy groups -OCH3 is 1. The van der Waals surface area contributed by atoms with Gasteiger partial charge in [-0.15, -0.1) is 0 Å². The van der Waals surface area contributed by atoms with Gasteiger partial charge >= 0.3 is 0 Å². The van der Waals surface area contributed by atoms with Crippen LogP contribution in [0.15, 0.2) is 56.0 Å². The normalized spacial score (nSPS) is 11.1. The van der Waals surface area contributed by atoms with Gasteiger partial charge in [0.25, 0.3) is 0 Å². The Morgan fingerprint density at radius 3 is 2.59 bits per heavy atom. The Bertz CT molecular complexity index is 1200. The van der Waals surface area contributed by atoms with E-state index in [4.69, 9.17) is 13.6 Å². The molecule has 0 aliphatic rings. The minimum atomic E-state index is -0.391. The number of hydrogen-bond donors (Lipinski definition) is 1. The maximum absolute atomic E-state index is 13.2. The lowest BCUT2D eigenvalue weighted by atomic mass is 10.1. The highest BCUT2D eigenvalue weighted by molar-refractivity contribution is 9.10. The van der Waals surface area contributed by atoms with Gasteiger partial charge in [-0.3, -0.25) is 9.59 Å². The number of carbonyl (C=O) groups excluding carboxylic acids is 2. The topological polar surface area (TPSA) is 81.7 Å². The van der Waals surface area contributed by atoms with Crippen molar-refractivity contribution in [3.63, 3.8) is 0 Å². The number of ether oxygens (including phenoxy) is 1. The Kier molecular flexibility index (Phi) is 4.24. The largest absolute Gasteiger partial charge is 0.497 e. The van der Waals surface area contributed by atoms with Crippen molar-refractivity contribution in [2.45, 2.75) is 6.92 Å². The molecule has 136 valence electrons. The molecule has 0 aliphatic heterocycles. The summed E-state index contributed by atoms with van der Waals surface area (Å²) in [5.41, 5.74) is 1.71. The highest BCUT2D eigenvalue weighted by Gasteiger charge is 2.26. The molecule has 1 N–H and O–H groups in total. The second-order valence-corrected chi connectivity index (χ2v) is 6.88. The molecule has 4 rings (SSSR count). The predicted molar refractivity (Wildman–Crippen MR) is 104 cm³/mol. The molecule has 0 saturated heterocycles. The predicted octanol–water partition coefficient (Wildman–Crippen LogP) is 5.14. The third kappa shape index (κ3) is 3.00. The van der Waals surface area contributed by atoms with Crippen LogP contribution in [0.4, 0.5) is 5.69 Å². The van der Waals surface area contributed by atoms with Gasteiger partial charge in [0.15, 0.2) is 5.76 Å².